The third-order valence-electron chi connectivity index (χ3n) is 4.78. The first-order valence-corrected chi connectivity index (χ1v) is 9.70. The number of nitrogens with one attached hydrogen (secondary N) is 1. The van der Waals surface area contributed by atoms with Crippen molar-refractivity contribution in [1.29, 1.82) is 0 Å². The molecule has 0 aliphatic carbocycles. The lowest BCUT2D eigenvalue weighted by atomic mass is 10.0. The van der Waals surface area contributed by atoms with Gasteiger partial charge in [0.15, 0.2) is 0 Å². The second kappa shape index (κ2) is 10.2. The van der Waals surface area contributed by atoms with Crippen LogP contribution in [0.25, 0.3) is 0 Å². The van der Waals surface area contributed by atoms with Crippen LogP contribution in [0.4, 0.5) is 0 Å². The molecule has 0 bridgehead atoms. The summed E-state index contributed by atoms with van der Waals surface area (Å²) in [5, 5.41) is 2.94. The van der Waals surface area contributed by atoms with Crippen LogP contribution in [0.5, 0.6) is 5.75 Å². The van der Waals surface area contributed by atoms with Crippen LogP contribution < -0.4 is 10.1 Å². The van der Waals surface area contributed by atoms with E-state index in [0.717, 1.165) is 22.4 Å². The molecule has 0 aliphatic rings. The zero-order valence-corrected chi connectivity index (χ0v) is 17.1. The van der Waals surface area contributed by atoms with Gasteiger partial charge in [0, 0.05) is 32.4 Å². The van der Waals surface area contributed by atoms with Crippen molar-refractivity contribution in [1.82, 2.24) is 15.2 Å². The molecule has 0 saturated carbocycles. The number of amides is 2. The van der Waals surface area contributed by atoms with Crippen molar-refractivity contribution in [3.63, 3.8) is 0 Å². The third-order valence-corrected chi connectivity index (χ3v) is 4.78. The number of aromatic nitrogens is 1. The van der Waals surface area contributed by atoms with Gasteiger partial charge in [0.2, 0.25) is 11.8 Å². The molecule has 1 heterocycles. The zero-order valence-electron chi connectivity index (χ0n) is 17.1. The quantitative estimate of drug-likeness (QED) is 0.625. The molecule has 154 valence electrons. The van der Waals surface area contributed by atoms with E-state index in [1.54, 1.807) is 24.4 Å². The minimum absolute atomic E-state index is 0.184. The molecule has 3 rings (SSSR count). The summed E-state index contributed by atoms with van der Waals surface area (Å²) in [5.41, 5.74) is 2.55. The fourth-order valence-electron chi connectivity index (χ4n) is 3.21. The highest BCUT2D eigenvalue weighted by molar-refractivity contribution is 5.88. The molecule has 0 aliphatic heterocycles. The number of ether oxygens (including phenoxy) is 1. The molecule has 6 nitrogen and oxygen atoms in total. The molecule has 1 N–H and O–H groups in total. The van der Waals surface area contributed by atoms with Crippen LogP contribution in [0.15, 0.2) is 79.1 Å². The Morgan fingerprint density at radius 2 is 1.73 bits per heavy atom. The Morgan fingerprint density at radius 3 is 2.33 bits per heavy atom. The molecule has 2 amide bonds. The van der Waals surface area contributed by atoms with Crippen molar-refractivity contribution in [2.45, 2.75) is 26.1 Å². The lowest BCUT2D eigenvalue weighted by molar-refractivity contribution is -0.140. The average Bonchev–Trinajstić information content (AvgIpc) is 2.79. The number of carbonyl (C=O) groups excluding carboxylic acids is 2. The summed E-state index contributed by atoms with van der Waals surface area (Å²) in [6, 6.07) is 19.8. The predicted molar refractivity (Wildman–Crippen MR) is 114 cm³/mol. The summed E-state index contributed by atoms with van der Waals surface area (Å²) in [7, 11) is 1.61. The van der Waals surface area contributed by atoms with Crippen molar-refractivity contribution in [2.75, 3.05) is 7.11 Å². The Morgan fingerprint density at radius 1 is 1.00 bits per heavy atom. The van der Waals surface area contributed by atoms with Crippen molar-refractivity contribution in [2.24, 2.45) is 0 Å². The van der Waals surface area contributed by atoms with Gasteiger partial charge in [-0.2, -0.15) is 0 Å². The standard InChI is InChI=1S/C24H25N3O3/c1-18(28)27(17-19-10-12-22(30-2)13-11-19)23(21-8-4-3-5-9-21)24(29)26-16-20-7-6-14-25-15-20/h3-15,23H,16-17H2,1-2H3,(H,26,29)/t23-/m0/s1. The smallest absolute Gasteiger partial charge is 0.247 e. The van der Waals surface area contributed by atoms with E-state index in [1.165, 1.54) is 6.92 Å². The third kappa shape index (κ3) is 5.44. The minimum atomic E-state index is -0.748. The van der Waals surface area contributed by atoms with Gasteiger partial charge in [-0.25, -0.2) is 0 Å². The molecule has 1 aromatic heterocycles. The molecule has 3 aromatic rings. The van der Waals surface area contributed by atoms with Crippen LogP contribution in [0.2, 0.25) is 0 Å². The first kappa shape index (κ1) is 21.0. The van der Waals surface area contributed by atoms with Gasteiger partial charge >= 0.3 is 0 Å². The number of benzene rings is 2. The molecule has 2 aromatic carbocycles. The molecule has 0 radical (unpaired) electrons. The van der Waals surface area contributed by atoms with Crippen LogP contribution in [-0.2, 0) is 22.7 Å². The van der Waals surface area contributed by atoms with E-state index < -0.39 is 6.04 Å². The summed E-state index contributed by atoms with van der Waals surface area (Å²) >= 11 is 0. The Balaban J connectivity index is 1.86. The van der Waals surface area contributed by atoms with Gasteiger partial charge in [0.1, 0.15) is 11.8 Å². The lowest BCUT2D eigenvalue weighted by Crippen LogP contribution is -2.42. The van der Waals surface area contributed by atoms with Crippen molar-refractivity contribution >= 4 is 11.8 Å². The topological polar surface area (TPSA) is 71.5 Å². The molecule has 30 heavy (non-hydrogen) atoms. The van der Waals surface area contributed by atoms with E-state index in [-0.39, 0.29) is 11.8 Å². The Kier molecular flexibility index (Phi) is 7.16. The summed E-state index contributed by atoms with van der Waals surface area (Å²) in [4.78, 5) is 31.4. The predicted octanol–water partition coefficient (Wildman–Crippen LogP) is 3.50. The Hall–Kier alpha value is -3.67. The number of hydrogen-bond acceptors (Lipinski definition) is 4. The molecule has 0 unspecified atom stereocenters. The van der Waals surface area contributed by atoms with Gasteiger partial charge in [-0.1, -0.05) is 48.5 Å². The normalized spacial score (nSPS) is 11.4. The van der Waals surface area contributed by atoms with E-state index in [1.807, 2.05) is 66.7 Å². The van der Waals surface area contributed by atoms with Crippen LogP contribution in [0.1, 0.15) is 29.7 Å². The van der Waals surface area contributed by atoms with Gasteiger partial charge in [0.25, 0.3) is 0 Å². The fourth-order valence-corrected chi connectivity index (χ4v) is 3.21. The lowest BCUT2D eigenvalue weighted by Gasteiger charge is -2.30. The largest absolute Gasteiger partial charge is 0.497 e. The highest BCUT2D eigenvalue weighted by Crippen LogP contribution is 2.24. The maximum Gasteiger partial charge on any atom is 0.247 e. The first-order chi connectivity index (χ1) is 14.6. The number of pyridine rings is 1. The second-order valence-corrected chi connectivity index (χ2v) is 6.89. The molecular weight excluding hydrogens is 378 g/mol. The van der Waals surface area contributed by atoms with E-state index in [0.29, 0.717) is 13.1 Å². The molecule has 6 heteroatoms. The summed E-state index contributed by atoms with van der Waals surface area (Å²) in [6.45, 7) is 2.12. The molecule has 0 fully saturated rings. The van der Waals surface area contributed by atoms with Crippen molar-refractivity contribution in [3.05, 3.63) is 95.8 Å². The van der Waals surface area contributed by atoms with Gasteiger partial charge in [-0.15, -0.1) is 0 Å². The van der Waals surface area contributed by atoms with Crippen LogP contribution >= 0.6 is 0 Å². The van der Waals surface area contributed by atoms with Gasteiger partial charge in [-0.05, 0) is 34.9 Å². The minimum Gasteiger partial charge on any atom is -0.497 e. The van der Waals surface area contributed by atoms with Crippen molar-refractivity contribution in [3.8, 4) is 5.75 Å². The van der Waals surface area contributed by atoms with Crippen molar-refractivity contribution < 1.29 is 14.3 Å². The maximum atomic E-state index is 13.2. The van der Waals surface area contributed by atoms with Crippen LogP contribution in [0, 0.1) is 0 Å². The van der Waals surface area contributed by atoms with Crippen LogP contribution in [-0.4, -0.2) is 28.8 Å². The average molecular weight is 403 g/mol. The van der Waals surface area contributed by atoms with E-state index in [2.05, 4.69) is 10.3 Å². The summed E-state index contributed by atoms with van der Waals surface area (Å²) < 4.78 is 5.20. The van der Waals surface area contributed by atoms with E-state index >= 15 is 0 Å². The van der Waals surface area contributed by atoms with Gasteiger partial charge < -0.3 is 15.0 Å². The Labute approximate surface area is 176 Å². The number of methoxy groups -OCH3 is 1. The van der Waals surface area contributed by atoms with Gasteiger partial charge in [0.05, 0.1) is 7.11 Å². The summed E-state index contributed by atoms with van der Waals surface area (Å²) in [6.07, 6.45) is 3.39. The molecule has 1 atom stereocenters. The molecule has 0 saturated heterocycles. The van der Waals surface area contributed by atoms with Crippen LogP contribution in [0.3, 0.4) is 0 Å². The molecular formula is C24H25N3O3. The SMILES string of the molecule is COc1ccc(CN(C(C)=O)[C@H](C(=O)NCc2cccnc2)c2ccccc2)cc1. The molecule has 0 spiro atoms. The van der Waals surface area contributed by atoms with E-state index in [9.17, 15) is 9.59 Å². The number of nitrogens with zero attached hydrogens (tertiary/aromatic N) is 2. The highest BCUT2D eigenvalue weighted by atomic mass is 16.5. The first-order valence-electron chi connectivity index (χ1n) is 9.70. The maximum absolute atomic E-state index is 13.2. The van der Waals surface area contributed by atoms with E-state index in [4.69, 9.17) is 4.74 Å². The highest BCUT2D eigenvalue weighted by Gasteiger charge is 2.29. The number of hydrogen-bond donors (Lipinski definition) is 1. The summed E-state index contributed by atoms with van der Waals surface area (Å²) in [5.74, 6) is 0.312. The Bertz CT molecular complexity index is 960. The monoisotopic (exact) mass is 403 g/mol. The fraction of sp³-hybridized carbons (Fsp3) is 0.208. The zero-order chi connectivity index (χ0) is 21.3. The van der Waals surface area contributed by atoms with Gasteiger partial charge in [-0.3, -0.25) is 14.6 Å². The second-order valence-electron chi connectivity index (χ2n) is 6.89. The number of rotatable bonds is 8. The number of carbonyl (C=O) groups is 2.